The maximum atomic E-state index is 15.3. The zero-order valence-electron chi connectivity index (χ0n) is 32.0. The third kappa shape index (κ3) is 5.78. The van der Waals surface area contributed by atoms with Gasteiger partial charge in [-0.25, -0.2) is 0 Å². The average molecular weight is 766 g/mol. The number of aryl methyl sites for hydroxylation is 6. The van der Waals surface area contributed by atoms with Crippen molar-refractivity contribution in [1.82, 2.24) is 23.8 Å². The van der Waals surface area contributed by atoms with Crippen LogP contribution in [-0.2, 0) is 20.5 Å². The summed E-state index contributed by atoms with van der Waals surface area (Å²) in [5.74, 6) is 0.632. The van der Waals surface area contributed by atoms with Crippen molar-refractivity contribution in [3.8, 4) is 16.9 Å². The molecule has 0 bridgehead atoms. The van der Waals surface area contributed by atoms with E-state index in [1.54, 1.807) is 4.90 Å². The van der Waals surface area contributed by atoms with Crippen LogP contribution in [0, 0.1) is 27.7 Å². The van der Waals surface area contributed by atoms with Gasteiger partial charge in [-0.15, -0.1) is 0 Å². The highest BCUT2D eigenvalue weighted by molar-refractivity contribution is 6.32. The molecule has 11 heteroatoms. The number of alkyl halides is 1. The number of ether oxygens (including phenoxy) is 1. The zero-order valence-corrected chi connectivity index (χ0v) is 33.5. The smallest absolute Gasteiger partial charge is 0.276 e. The Morgan fingerprint density at radius 2 is 1.70 bits per heavy atom. The number of benzene rings is 3. The zero-order chi connectivity index (χ0) is 38.2. The van der Waals surface area contributed by atoms with Crippen LogP contribution in [0.1, 0.15) is 81.2 Å². The minimum Gasteiger partial charge on any atom is -0.494 e. The fourth-order valence-electron chi connectivity index (χ4n) is 8.72. The van der Waals surface area contributed by atoms with Crippen LogP contribution in [0.25, 0.3) is 32.9 Å². The number of hydrogen-bond acceptors (Lipinski definition) is 4. The van der Waals surface area contributed by atoms with E-state index in [0.717, 1.165) is 97.7 Å². The molecule has 3 aromatic heterocycles. The fourth-order valence-corrected chi connectivity index (χ4v) is 9.14. The maximum Gasteiger partial charge on any atom is 0.276 e. The summed E-state index contributed by atoms with van der Waals surface area (Å²) in [6, 6.07) is 15.7. The van der Waals surface area contributed by atoms with Crippen molar-refractivity contribution in [2.24, 2.45) is 14.1 Å². The lowest BCUT2D eigenvalue weighted by Gasteiger charge is -2.38. The average Bonchev–Trinajstić information content (AvgIpc) is 3.93. The molecule has 1 saturated heterocycles. The van der Waals surface area contributed by atoms with Crippen LogP contribution >= 0.6 is 23.2 Å². The van der Waals surface area contributed by atoms with Crippen LogP contribution in [0.3, 0.4) is 0 Å². The number of halogens is 2. The largest absolute Gasteiger partial charge is 0.494 e. The standard InChI is InChI=1S/C43H46Cl2N6O3/c1-24-20-30(21-25(2)38(24)44)54-19-11-14-32-31-12-10-13-33(37-26(3)46-48(7)27(37)4)39(31)50-28(5)41(45)51(43(53)40(32)50)36-23-47(6)35-16-15-29(22-34(35)36)42(52)49-17-8-9-18-49/h10,12-13,15-16,20-23,28,41H,8-9,11,14,17-19H2,1-7H3/t28-,41?/m1/s1. The monoisotopic (exact) mass is 764 g/mol. The van der Waals surface area contributed by atoms with Gasteiger partial charge >= 0.3 is 0 Å². The number of fused-ring (bicyclic) bond motifs is 4. The molecule has 0 N–H and O–H groups in total. The van der Waals surface area contributed by atoms with E-state index in [-0.39, 0.29) is 17.9 Å². The van der Waals surface area contributed by atoms with E-state index in [9.17, 15) is 4.79 Å². The number of amides is 2. The van der Waals surface area contributed by atoms with E-state index >= 15 is 4.79 Å². The predicted molar refractivity (Wildman–Crippen MR) is 218 cm³/mol. The van der Waals surface area contributed by atoms with Crippen molar-refractivity contribution >= 4 is 62.5 Å². The van der Waals surface area contributed by atoms with Crippen LogP contribution in [0.5, 0.6) is 5.75 Å². The molecule has 8 rings (SSSR count). The first-order valence-electron chi connectivity index (χ1n) is 18.8. The van der Waals surface area contributed by atoms with Gasteiger partial charge in [-0.05, 0) is 107 Å². The van der Waals surface area contributed by atoms with Crippen molar-refractivity contribution in [1.29, 1.82) is 0 Å². The van der Waals surface area contributed by atoms with E-state index in [1.165, 1.54) is 0 Å². The molecule has 1 unspecified atom stereocenters. The Balaban J connectivity index is 1.25. The number of carbonyl (C=O) groups excluding carboxylic acids is 2. The van der Waals surface area contributed by atoms with Crippen LogP contribution < -0.4 is 9.64 Å². The lowest BCUT2D eigenvalue weighted by atomic mass is 9.98. The Bertz CT molecular complexity index is 2460. The van der Waals surface area contributed by atoms with E-state index in [0.29, 0.717) is 36.4 Å². The lowest BCUT2D eigenvalue weighted by molar-refractivity contribution is 0.0792. The van der Waals surface area contributed by atoms with Gasteiger partial charge in [-0.2, -0.15) is 5.10 Å². The van der Waals surface area contributed by atoms with Crippen LogP contribution in [-0.4, -0.2) is 60.8 Å². The molecule has 6 aromatic rings. The third-order valence-corrected chi connectivity index (χ3v) is 12.7. The summed E-state index contributed by atoms with van der Waals surface area (Å²) in [4.78, 5) is 32.4. The Kier molecular flexibility index (Phi) is 9.29. The molecule has 9 nitrogen and oxygen atoms in total. The minimum atomic E-state index is -0.708. The molecule has 280 valence electrons. The highest BCUT2D eigenvalue weighted by Gasteiger charge is 2.42. The van der Waals surface area contributed by atoms with Crippen molar-refractivity contribution < 1.29 is 14.3 Å². The number of rotatable bonds is 8. The number of aromatic nitrogens is 4. The van der Waals surface area contributed by atoms with Gasteiger partial charge < -0.3 is 18.8 Å². The second kappa shape index (κ2) is 13.8. The molecule has 0 saturated carbocycles. The number of carbonyl (C=O) groups is 2. The van der Waals surface area contributed by atoms with Crippen molar-refractivity contribution in [3.05, 3.63) is 99.1 Å². The highest BCUT2D eigenvalue weighted by atomic mass is 35.5. The fraction of sp³-hybridized carbons (Fsp3) is 0.372. The molecule has 0 spiro atoms. The number of anilines is 1. The summed E-state index contributed by atoms with van der Waals surface area (Å²) in [6.45, 7) is 12.2. The first-order valence-corrected chi connectivity index (χ1v) is 19.6. The molecule has 3 aromatic carbocycles. The summed E-state index contributed by atoms with van der Waals surface area (Å²) < 4.78 is 12.3. The highest BCUT2D eigenvalue weighted by Crippen LogP contribution is 2.46. The van der Waals surface area contributed by atoms with Gasteiger partial charge in [0, 0.05) is 77.1 Å². The molecule has 2 aliphatic heterocycles. The molecule has 0 radical (unpaired) electrons. The molecule has 0 aliphatic carbocycles. The number of para-hydroxylation sites is 1. The number of likely N-dealkylation sites (tertiary alicyclic amines) is 1. The lowest BCUT2D eigenvalue weighted by Crippen LogP contribution is -2.47. The van der Waals surface area contributed by atoms with Crippen molar-refractivity contribution in [3.63, 3.8) is 0 Å². The van der Waals surface area contributed by atoms with Crippen LogP contribution in [0.4, 0.5) is 5.69 Å². The van der Waals surface area contributed by atoms with Gasteiger partial charge in [-0.3, -0.25) is 19.2 Å². The normalized spacial score (nSPS) is 17.3. The third-order valence-electron chi connectivity index (χ3n) is 11.5. The van der Waals surface area contributed by atoms with E-state index in [4.69, 9.17) is 33.0 Å². The molecule has 2 aliphatic rings. The molecule has 2 atom stereocenters. The van der Waals surface area contributed by atoms with E-state index in [2.05, 4.69) is 36.6 Å². The van der Waals surface area contributed by atoms with Crippen molar-refractivity contribution in [2.45, 2.75) is 71.8 Å². The summed E-state index contributed by atoms with van der Waals surface area (Å²) in [5.41, 5.74) is 10.1. The summed E-state index contributed by atoms with van der Waals surface area (Å²) in [6.07, 6.45) is 5.29. The van der Waals surface area contributed by atoms with E-state index < -0.39 is 5.50 Å². The SMILES string of the molecule is Cc1cc(OCCCc2c3n(c4c(-c5c(C)nn(C)c5C)cccc24)[C@H](C)C(Cl)N(c2cn(C)c4ccc(C(=O)N5CCCC5)cc24)C3=O)cc(C)c1Cl. The van der Waals surface area contributed by atoms with Crippen molar-refractivity contribution in [2.75, 3.05) is 24.6 Å². The summed E-state index contributed by atoms with van der Waals surface area (Å²) in [7, 11) is 3.92. The molecule has 2 amide bonds. The van der Waals surface area contributed by atoms with Gasteiger partial charge in [0.25, 0.3) is 11.8 Å². The Hall–Kier alpha value is -4.73. The molecule has 5 heterocycles. The molecular weight excluding hydrogens is 719 g/mol. The predicted octanol–water partition coefficient (Wildman–Crippen LogP) is 9.45. The number of hydrogen-bond donors (Lipinski definition) is 0. The van der Waals surface area contributed by atoms with E-state index in [1.807, 2.05) is 85.5 Å². The first-order chi connectivity index (χ1) is 25.9. The molecule has 54 heavy (non-hydrogen) atoms. The summed E-state index contributed by atoms with van der Waals surface area (Å²) in [5, 5.41) is 7.34. The van der Waals surface area contributed by atoms with Gasteiger partial charge in [0.15, 0.2) is 0 Å². The molecule has 1 fully saturated rings. The van der Waals surface area contributed by atoms with Gasteiger partial charge in [0.1, 0.15) is 16.9 Å². The Labute approximate surface area is 326 Å². The second-order valence-corrected chi connectivity index (χ2v) is 15.9. The maximum absolute atomic E-state index is 15.3. The van der Waals surface area contributed by atoms with Gasteiger partial charge in [0.2, 0.25) is 0 Å². The minimum absolute atomic E-state index is 0.0204. The van der Waals surface area contributed by atoms with Crippen LogP contribution in [0.15, 0.2) is 54.7 Å². The quantitative estimate of drug-likeness (QED) is 0.0879. The van der Waals surface area contributed by atoms with Gasteiger partial charge in [0.05, 0.1) is 29.5 Å². The van der Waals surface area contributed by atoms with Gasteiger partial charge in [-0.1, -0.05) is 41.4 Å². The summed E-state index contributed by atoms with van der Waals surface area (Å²) >= 11 is 13.9. The molecular formula is C43H46Cl2N6O3. The topological polar surface area (TPSA) is 77.5 Å². The van der Waals surface area contributed by atoms with Crippen LogP contribution in [0.2, 0.25) is 5.02 Å². The Morgan fingerprint density at radius 3 is 2.39 bits per heavy atom. The number of nitrogens with zero attached hydrogens (tertiary/aromatic N) is 6. The second-order valence-electron chi connectivity index (χ2n) is 15.0. The first kappa shape index (κ1) is 36.3. The Morgan fingerprint density at radius 1 is 0.981 bits per heavy atom.